The molecule has 0 unspecified atom stereocenters. The molecule has 3 heteroatoms. The lowest BCUT2D eigenvalue weighted by Gasteiger charge is -2.22. The van der Waals surface area contributed by atoms with Gasteiger partial charge in [-0.25, -0.2) is 0 Å². The van der Waals surface area contributed by atoms with E-state index in [9.17, 15) is 0 Å². The van der Waals surface area contributed by atoms with Crippen molar-refractivity contribution in [2.45, 2.75) is 12.5 Å². The molecule has 0 radical (unpaired) electrons. The third kappa shape index (κ3) is 1.28. The molecular formula is C9H10ClNO. The molecule has 0 fully saturated rings. The first-order valence-corrected chi connectivity index (χ1v) is 4.33. The number of ether oxygens (including phenoxy) is 1. The van der Waals surface area contributed by atoms with E-state index < -0.39 is 0 Å². The fourth-order valence-electron chi connectivity index (χ4n) is 1.39. The van der Waals surface area contributed by atoms with Gasteiger partial charge >= 0.3 is 0 Å². The Morgan fingerprint density at radius 1 is 1.50 bits per heavy atom. The average molecular weight is 184 g/mol. The van der Waals surface area contributed by atoms with Gasteiger partial charge in [0.1, 0.15) is 5.75 Å². The summed E-state index contributed by atoms with van der Waals surface area (Å²) in [5.74, 6) is 0.834. The number of hydrogen-bond acceptors (Lipinski definition) is 2. The number of halogens is 1. The molecular weight excluding hydrogens is 174 g/mol. The van der Waals surface area contributed by atoms with E-state index in [1.807, 2.05) is 18.2 Å². The second kappa shape index (κ2) is 2.96. The lowest BCUT2D eigenvalue weighted by Crippen LogP contribution is -2.20. The Labute approximate surface area is 76.3 Å². The Morgan fingerprint density at radius 3 is 3.17 bits per heavy atom. The quantitative estimate of drug-likeness (QED) is 0.669. The van der Waals surface area contributed by atoms with Gasteiger partial charge in [-0.2, -0.15) is 0 Å². The van der Waals surface area contributed by atoms with E-state index in [-0.39, 0.29) is 6.04 Å². The van der Waals surface area contributed by atoms with E-state index >= 15 is 0 Å². The van der Waals surface area contributed by atoms with Crippen LogP contribution in [-0.2, 0) is 0 Å². The molecule has 2 nitrogen and oxygen atoms in total. The minimum absolute atomic E-state index is 0.103. The number of nitrogens with two attached hydrogens (primary N) is 1. The summed E-state index contributed by atoms with van der Waals surface area (Å²) >= 11 is 5.80. The molecule has 2 rings (SSSR count). The molecule has 0 spiro atoms. The highest BCUT2D eigenvalue weighted by Gasteiger charge is 2.17. The number of fused-ring (bicyclic) bond motifs is 1. The van der Waals surface area contributed by atoms with E-state index in [4.69, 9.17) is 22.1 Å². The Kier molecular flexibility index (Phi) is 1.95. The summed E-state index contributed by atoms with van der Waals surface area (Å²) in [6.07, 6.45) is 0.884. The molecule has 0 amide bonds. The third-order valence-electron chi connectivity index (χ3n) is 2.06. The second-order valence-corrected chi connectivity index (χ2v) is 3.36. The first kappa shape index (κ1) is 7.90. The normalized spacial score (nSPS) is 21.3. The molecule has 1 aliphatic rings. The third-order valence-corrected chi connectivity index (χ3v) is 2.30. The van der Waals surface area contributed by atoms with Crippen LogP contribution >= 0.6 is 11.6 Å². The summed E-state index contributed by atoms with van der Waals surface area (Å²) in [5, 5.41) is 0.697. The highest BCUT2D eigenvalue weighted by Crippen LogP contribution is 2.32. The zero-order valence-corrected chi connectivity index (χ0v) is 7.34. The van der Waals surface area contributed by atoms with Crippen LogP contribution in [0.25, 0.3) is 0 Å². The first-order valence-electron chi connectivity index (χ1n) is 3.95. The number of rotatable bonds is 0. The van der Waals surface area contributed by atoms with Crippen molar-refractivity contribution in [2.75, 3.05) is 6.61 Å². The summed E-state index contributed by atoms with van der Waals surface area (Å²) in [6, 6.07) is 5.69. The molecule has 1 aromatic carbocycles. The van der Waals surface area contributed by atoms with Gasteiger partial charge in [0, 0.05) is 23.0 Å². The van der Waals surface area contributed by atoms with Crippen LogP contribution in [0.4, 0.5) is 0 Å². The monoisotopic (exact) mass is 183 g/mol. The molecule has 0 saturated heterocycles. The van der Waals surface area contributed by atoms with Crippen LogP contribution in [0, 0.1) is 0 Å². The van der Waals surface area contributed by atoms with Gasteiger partial charge in [0.25, 0.3) is 0 Å². The van der Waals surface area contributed by atoms with Gasteiger partial charge in [0.2, 0.25) is 0 Å². The van der Waals surface area contributed by atoms with Crippen molar-refractivity contribution in [1.29, 1.82) is 0 Å². The summed E-state index contributed by atoms with van der Waals surface area (Å²) in [5.41, 5.74) is 6.93. The van der Waals surface area contributed by atoms with Crippen molar-refractivity contribution < 1.29 is 4.74 Å². The minimum atomic E-state index is 0.103. The molecule has 2 N–H and O–H groups in total. The van der Waals surface area contributed by atoms with Crippen LogP contribution < -0.4 is 10.5 Å². The highest BCUT2D eigenvalue weighted by atomic mass is 35.5. The van der Waals surface area contributed by atoms with Crippen molar-refractivity contribution in [1.82, 2.24) is 0 Å². The zero-order valence-electron chi connectivity index (χ0n) is 6.59. The highest BCUT2D eigenvalue weighted by molar-refractivity contribution is 6.30. The van der Waals surface area contributed by atoms with Crippen LogP contribution in [0.5, 0.6) is 5.75 Å². The Balaban J connectivity index is 2.46. The van der Waals surface area contributed by atoms with Crippen molar-refractivity contribution in [3.63, 3.8) is 0 Å². The van der Waals surface area contributed by atoms with Gasteiger partial charge in [-0.15, -0.1) is 0 Å². The average Bonchev–Trinajstić information content (AvgIpc) is 2.04. The lowest BCUT2D eigenvalue weighted by atomic mass is 10.0. The van der Waals surface area contributed by atoms with Gasteiger partial charge in [-0.05, 0) is 12.1 Å². The van der Waals surface area contributed by atoms with Crippen LogP contribution in [0.15, 0.2) is 18.2 Å². The maximum Gasteiger partial charge on any atom is 0.125 e. The predicted octanol–water partition coefficient (Wildman–Crippen LogP) is 2.12. The lowest BCUT2D eigenvalue weighted by molar-refractivity contribution is 0.269. The molecule has 12 heavy (non-hydrogen) atoms. The van der Waals surface area contributed by atoms with E-state index in [1.54, 1.807) is 0 Å². The summed E-state index contributed by atoms with van der Waals surface area (Å²) in [7, 11) is 0. The van der Waals surface area contributed by atoms with Gasteiger partial charge in [0.05, 0.1) is 6.61 Å². The van der Waals surface area contributed by atoms with E-state index in [0.29, 0.717) is 11.6 Å². The van der Waals surface area contributed by atoms with Crippen LogP contribution in [-0.4, -0.2) is 6.61 Å². The Bertz CT molecular complexity index is 301. The van der Waals surface area contributed by atoms with E-state index in [2.05, 4.69) is 0 Å². The van der Waals surface area contributed by atoms with E-state index in [1.165, 1.54) is 0 Å². The van der Waals surface area contributed by atoms with Crippen molar-refractivity contribution in [3.05, 3.63) is 28.8 Å². The molecule has 1 aromatic rings. The smallest absolute Gasteiger partial charge is 0.125 e. The van der Waals surface area contributed by atoms with Gasteiger partial charge in [-0.1, -0.05) is 17.7 Å². The second-order valence-electron chi connectivity index (χ2n) is 2.93. The summed E-state index contributed by atoms with van der Waals surface area (Å²) in [6.45, 7) is 0.689. The summed E-state index contributed by atoms with van der Waals surface area (Å²) < 4.78 is 5.41. The SMILES string of the molecule is N[C@H]1CCOc2cc(Cl)ccc21. The van der Waals surface area contributed by atoms with Crippen LogP contribution in [0.2, 0.25) is 5.02 Å². The van der Waals surface area contributed by atoms with Crippen LogP contribution in [0.1, 0.15) is 18.0 Å². The van der Waals surface area contributed by atoms with Crippen molar-refractivity contribution >= 4 is 11.6 Å². The van der Waals surface area contributed by atoms with Gasteiger partial charge in [0.15, 0.2) is 0 Å². The molecule has 0 aromatic heterocycles. The fourth-order valence-corrected chi connectivity index (χ4v) is 1.55. The summed E-state index contributed by atoms with van der Waals surface area (Å²) in [4.78, 5) is 0. The van der Waals surface area contributed by atoms with Gasteiger partial charge < -0.3 is 10.5 Å². The standard InChI is InChI=1S/C9H10ClNO/c10-6-1-2-7-8(11)3-4-12-9(7)5-6/h1-2,5,8H,3-4,11H2/t8-/m0/s1. The predicted molar refractivity (Wildman–Crippen MR) is 48.5 cm³/mol. The molecule has 0 aliphatic carbocycles. The fraction of sp³-hybridized carbons (Fsp3) is 0.333. The minimum Gasteiger partial charge on any atom is -0.493 e. The largest absolute Gasteiger partial charge is 0.493 e. The molecule has 1 aliphatic heterocycles. The zero-order chi connectivity index (χ0) is 8.55. The molecule has 0 bridgehead atoms. The number of hydrogen-bond donors (Lipinski definition) is 1. The molecule has 1 atom stereocenters. The Hall–Kier alpha value is -0.730. The molecule has 0 saturated carbocycles. The van der Waals surface area contributed by atoms with Gasteiger partial charge in [-0.3, -0.25) is 0 Å². The molecule has 64 valence electrons. The number of benzene rings is 1. The topological polar surface area (TPSA) is 35.2 Å². The van der Waals surface area contributed by atoms with Crippen molar-refractivity contribution in [2.24, 2.45) is 5.73 Å². The maximum atomic E-state index is 5.87. The molecule has 1 heterocycles. The van der Waals surface area contributed by atoms with Crippen LogP contribution in [0.3, 0.4) is 0 Å². The first-order chi connectivity index (χ1) is 5.77. The Morgan fingerprint density at radius 2 is 2.33 bits per heavy atom. The maximum absolute atomic E-state index is 5.87. The van der Waals surface area contributed by atoms with E-state index in [0.717, 1.165) is 17.7 Å². The van der Waals surface area contributed by atoms with Crippen molar-refractivity contribution in [3.8, 4) is 5.75 Å².